The van der Waals surface area contributed by atoms with Crippen molar-refractivity contribution in [1.82, 2.24) is 10.9 Å². The van der Waals surface area contributed by atoms with E-state index in [4.69, 9.17) is 11.5 Å². The van der Waals surface area contributed by atoms with Gasteiger partial charge >= 0.3 is 0 Å². The van der Waals surface area contributed by atoms with Gasteiger partial charge in [-0.15, -0.1) is 0 Å². The number of hydrazine groups is 1. The SMILES string of the molecule is NC1(NNC2(N)CCCCC2)CCCCC1. The van der Waals surface area contributed by atoms with Gasteiger partial charge in [-0.3, -0.25) is 0 Å². The molecule has 0 saturated heterocycles. The lowest BCUT2D eigenvalue weighted by atomic mass is 9.89. The van der Waals surface area contributed by atoms with Crippen molar-refractivity contribution in [1.29, 1.82) is 0 Å². The second kappa shape index (κ2) is 5.00. The van der Waals surface area contributed by atoms with E-state index >= 15 is 0 Å². The van der Waals surface area contributed by atoms with Crippen molar-refractivity contribution in [2.45, 2.75) is 75.5 Å². The summed E-state index contributed by atoms with van der Waals surface area (Å²) in [6.45, 7) is 0. The molecule has 2 saturated carbocycles. The van der Waals surface area contributed by atoms with Gasteiger partial charge in [-0.05, 0) is 25.7 Å². The van der Waals surface area contributed by atoms with Crippen LogP contribution in [0, 0.1) is 0 Å². The van der Waals surface area contributed by atoms with E-state index in [0.29, 0.717) is 0 Å². The molecule has 0 spiro atoms. The van der Waals surface area contributed by atoms with Crippen LogP contribution in [0.4, 0.5) is 0 Å². The van der Waals surface area contributed by atoms with Crippen molar-refractivity contribution in [3.8, 4) is 0 Å². The highest BCUT2D eigenvalue weighted by atomic mass is 15.5. The first kappa shape index (κ1) is 12.3. The largest absolute Gasteiger partial charge is 0.312 e. The molecule has 0 aromatic rings. The molecule has 0 aromatic carbocycles. The highest BCUT2D eigenvalue weighted by molar-refractivity contribution is 4.88. The average molecular weight is 226 g/mol. The van der Waals surface area contributed by atoms with Crippen molar-refractivity contribution in [3.05, 3.63) is 0 Å². The zero-order chi connectivity index (χ0) is 11.5. The van der Waals surface area contributed by atoms with Gasteiger partial charge in [-0.25, -0.2) is 10.9 Å². The van der Waals surface area contributed by atoms with E-state index in [-0.39, 0.29) is 11.3 Å². The molecule has 0 aliphatic heterocycles. The lowest BCUT2D eigenvalue weighted by Crippen LogP contribution is -2.68. The third-order valence-corrected chi connectivity index (χ3v) is 4.05. The van der Waals surface area contributed by atoms with Crippen LogP contribution in [-0.4, -0.2) is 11.3 Å². The Bertz CT molecular complexity index is 193. The fourth-order valence-corrected chi connectivity index (χ4v) is 2.86. The number of nitrogens with one attached hydrogen (secondary N) is 2. The Kier molecular flexibility index (Phi) is 3.85. The van der Waals surface area contributed by atoms with Gasteiger partial charge in [0.2, 0.25) is 0 Å². The summed E-state index contributed by atoms with van der Waals surface area (Å²) >= 11 is 0. The van der Waals surface area contributed by atoms with E-state index in [1.54, 1.807) is 0 Å². The van der Waals surface area contributed by atoms with Crippen molar-refractivity contribution in [3.63, 3.8) is 0 Å². The first-order chi connectivity index (χ1) is 7.62. The maximum Gasteiger partial charge on any atom is 0.0792 e. The molecule has 0 aromatic heterocycles. The second-order valence-electron chi connectivity index (χ2n) is 5.68. The molecule has 6 N–H and O–H groups in total. The summed E-state index contributed by atoms with van der Waals surface area (Å²) in [5.41, 5.74) is 18.8. The molecule has 0 radical (unpaired) electrons. The van der Waals surface area contributed by atoms with Crippen LogP contribution in [0.2, 0.25) is 0 Å². The Labute approximate surface area is 98.5 Å². The Morgan fingerprint density at radius 2 is 0.875 bits per heavy atom. The van der Waals surface area contributed by atoms with Gasteiger partial charge in [0.25, 0.3) is 0 Å². The molecule has 0 heterocycles. The minimum Gasteiger partial charge on any atom is -0.312 e. The molecule has 0 bridgehead atoms. The summed E-state index contributed by atoms with van der Waals surface area (Å²) in [7, 11) is 0. The van der Waals surface area contributed by atoms with Gasteiger partial charge in [0.1, 0.15) is 0 Å². The van der Waals surface area contributed by atoms with E-state index in [1.165, 1.54) is 38.5 Å². The third-order valence-electron chi connectivity index (χ3n) is 4.05. The normalized spacial score (nSPS) is 28.9. The summed E-state index contributed by atoms with van der Waals surface area (Å²) in [6.07, 6.45) is 11.7. The van der Waals surface area contributed by atoms with Crippen molar-refractivity contribution in [2.75, 3.05) is 0 Å². The maximum absolute atomic E-state index is 6.31. The molecule has 4 heteroatoms. The van der Waals surface area contributed by atoms with Crippen LogP contribution < -0.4 is 22.3 Å². The molecular formula is C12H26N4. The second-order valence-corrected chi connectivity index (χ2v) is 5.68. The summed E-state index contributed by atoms with van der Waals surface area (Å²) in [5, 5.41) is 0. The van der Waals surface area contributed by atoms with E-state index < -0.39 is 0 Å². The molecule has 0 atom stereocenters. The smallest absolute Gasteiger partial charge is 0.0792 e. The number of hydrogen-bond donors (Lipinski definition) is 4. The van der Waals surface area contributed by atoms with Gasteiger partial charge in [0.05, 0.1) is 11.3 Å². The maximum atomic E-state index is 6.31. The van der Waals surface area contributed by atoms with Gasteiger partial charge < -0.3 is 11.5 Å². The van der Waals surface area contributed by atoms with Crippen LogP contribution in [0.15, 0.2) is 0 Å². The fourth-order valence-electron chi connectivity index (χ4n) is 2.86. The summed E-state index contributed by atoms with van der Waals surface area (Å²) in [6, 6.07) is 0. The molecule has 4 nitrogen and oxygen atoms in total. The first-order valence-electron chi connectivity index (χ1n) is 6.74. The van der Waals surface area contributed by atoms with E-state index in [1.807, 2.05) is 0 Å². The molecule has 2 fully saturated rings. The molecule has 0 unspecified atom stereocenters. The molecular weight excluding hydrogens is 200 g/mol. The van der Waals surface area contributed by atoms with Crippen molar-refractivity contribution in [2.24, 2.45) is 11.5 Å². The minimum absolute atomic E-state index is 0.234. The van der Waals surface area contributed by atoms with Gasteiger partial charge in [-0.1, -0.05) is 38.5 Å². The monoisotopic (exact) mass is 226 g/mol. The van der Waals surface area contributed by atoms with Crippen molar-refractivity contribution >= 4 is 0 Å². The number of hydrogen-bond acceptors (Lipinski definition) is 4. The lowest BCUT2D eigenvalue weighted by Gasteiger charge is -2.41. The highest BCUT2D eigenvalue weighted by Gasteiger charge is 2.32. The number of rotatable bonds is 3. The molecule has 2 aliphatic rings. The summed E-state index contributed by atoms with van der Waals surface area (Å²) in [5.74, 6) is 0. The van der Waals surface area contributed by atoms with Gasteiger partial charge in [0.15, 0.2) is 0 Å². The third kappa shape index (κ3) is 3.17. The standard InChI is InChI=1S/C12H26N4/c13-11(7-3-1-4-8-11)15-16-12(14)9-5-2-6-10-12/h15-16H,1-10,13-14H2. The Balaban J connectivity index is 1.80. The summed E-state index contributed by atoms with van der Waals surface area (Å²) < 4.78 is 0. The summed E-state index contributed by atoms with van der Waals surface area (Å²) in [4.78, 5) is 0. The zero-order valence-corrected chi connectivity index (χ0v) is 10.2. The Morgan fingerprint density at radius 1 is 0.562 bits per heavy atom. The Hall–Kier alpha value is -0.160. The van der Waals surface area contributed by atoms with Gasteiger partial charge in [-0.2, -0.15) is 0 Å². The van der Waals surface area contributed by atoms with Crippen LogP contribution >= 0.6 is 0 Å². The van der Waals surface area contributed by atoms with Crippen LogP contribution in [0.5, 0.6) is 0 Å². The predicted octanol–water partition coefficient (Wildman–Crippen LogP) is 1.32. The number of nitrogens with two attached hydrogens (primary N) is 2. The van der Waals surface area contributed by atoms with Crippen LogP contribution in [-0.2, 0) is 0 Å². The van der Waals surface area contributed by atoms with Crippen LogP contribution in [0.3, 0.4) is 0 Å². The van der Waals surface area contributed by atoms with Crippen molar-refractivity contribution < 1.29 is 0 Å². The van der Waals surface area contributed by atoms with Crippen LogP contribution in [0.1, 0.15) is 64.2 Å². The molecule has 16 heavy (non-hydrogen) atoms. The highest BCUT2D eigenvalue weighted by Crippen LogP contribution is 2.25. The average Bonchev–Trinajstić information content (AvgIpc) is 2.29. The molecule has 2 rings (SSSR count). The zero-order valence-electron chi connectivity index (χ0n) is 10.2. The lowest BCUT2D eigenvalue weighted by molar-refractivity contribution is 0.134. The topological polar surface area (TPSA) is 76.1 Å². The quantitative estimate of drug-likeness (QED) is 0.432. The van der Waals surface area contributed by atoms with E-state index in [9.17, 15) is 0 Å². The van der Waals surface area contributed by atoms with E-state index in [2.05, 4.69) is 10.9 Å². The fraction of sp³-hybridized carbons (Fsp3) is 1.00. The molecule has 2 aliphatic carbocycles. The molecule has 0 amide bonds. The van der Waals surface area contributed by atoms with Gasteiger partial charge in [0, 0.05) is 0 Å². The van der Waals surface area contributed by atoms with Crippen LogP contribution in [0.25, 0.3) is 0 Å². The first-order valence-corrected chi connectivity index (χ1v) is 6.74. The predicted molar refractivity (Wildman–Crippen MR) is 66.3 cm³/mol. The minimum atomic E-state index is -0.234. The Morgan fingerprint density at radius 3 is 1.19 bits per heavy atom. The van der Waals surface area contributed by atoms with E-state index in [0.717, 1.165) is 25.7 Å². The molecule has 94 valence electrons.